The lowest BCUT2D eigenvalue weighted by molar-refractivity contribution is 0.102. The number of rotatable bonds is 3. The van der Waals surface area contributed by atoms with Crippen LogP contribution in [-0.4, -0.2) is 11.9 Å². The van der Waals surface area contributed by atoms with Crippen molar-refractivity contribution in [2.45, 2.75) is 0 Å². The third kappa shape index (κ3) is 4.00. The largest absolute Gasteiger partial charge is 0.351 e. The average Bonchev–Trinajstić information content (AvgIpc) is 2.37. The molecule has 4 N–H and O–H groups in total. The van der Waals surface area contributed by atoms with E-state index in [1.807, 2.05) is 0 Å². The Morgan fingerprint density at radius 1 is 0.905 bits per heavy atom. The first kappa shape index (κ1) is 14.4. The van der Waals surface area contributed by atoms with Crippen LogP contribution >= 0.6 is 0 Å². The Hall–Kier alpha value is -2.96. The highest BCUT2D eigenvalue weighted by Crippen LogP contribution is 2.16. The summed E-state index contributed by atoms with van der Waals surface area (Å²) in [7, 11) is 0. The minimum atomic E-state index is -0.843. The van der Waals surface area contributed by atoms with Gasteiger partial charge in [-0.1, -0.05) is 6.07 Å². The summed E-state index contributed by atoms with van der Waals surface area (Å²) in [6, 6.07) is 7.93. The average molecular weight is 291 g/mol. The summed E-state index contributed by atoms with van der Waals surface area (Å²) in [5.41, 5.74) is 5.55. The minimum absolute atomic E-state index is 0.152. The highest BCUT2D eigenvalue weighted by Gasteiger charge is 2.10. The van der Waals surface area contributed by atoms with Gasteiger partial charge in [0.05, 0.1) is 0 Å². The number of nitrogens with one attached hydrogen (secondary N) is 2. The van der Waals surface area contributed by atoms with Gasteiger partial charge in [0, 0.05) is 23.0 Å². The van der Waals surface area contributed by atoms with Gasteiger partial charge in [0.2, 0.25) is 0 Å². The number of anilines is 2. The topological polar surface area (TPSA) is 84.2 Å². The molecule has 7 heteroatoms. The smallest absolute Gasteiger partial charge is 0.316 e. The molecule has 2 aromatic carbocycles. The second kappa shape index (κ2) is 6.00. The summed E-state index contributed by atoms with van der Waals surface area (Å²) in [4.78, 5) is 22.6. The second-order valence-electron chi connectivity index (χ2n) is 4.18. The van der Waals surface area contributed by atoms with E-state index in [0.29, 0.717) is 17.4 Å². The molecule has 0 aliphatic carbocycles. The maximum absolute atomic E-state index is 13.1. The zero-order valence-corrected chi connectivity index (χ0v) is 10.7. The van der Waals surface area contributed by atoms with E-state index in [4.69, 9.17) is 5.73 Å². The number of halogens is 2. The van der Waals surface area contributed by atoms with Gasteiger partial charge in [0.1, 0.15) is 11.6 Å². The van der Waals surface area contributed by atoms with E-state index >= 15 is 0 Å². The third-order valence-electron chi connectivity index (χ3n) is 2.51. The highest BCUT2D eigenvalue weighted by molar-refractivity contribution is 6.04. The molecule has 5 nitrogen and oxygen atoms in total. The van der Waals surface area contributed by atoms with Crippen molar-refractivity contribution in [2.24, 2.45) is 5.73 Å². The predicted octanol–water partition coefficient (Wildman–Crippen LogP) is 2.71. The summed E-state index contributed by atoms with van der Waals surface area (Å²) >= 11 is 0. The van der Waals surface area contributed by atoms with E-state index in [1.54, 1.807) is 18.2 Å². The molecule has 0 aliphatic rings. The number of urea groups is 1. The number of amides is 3. The lowest BCUT2D eigenvalue weighted by atomic mass is 10.2. The van der Waals surface area contributed by atoms with Gasteiger partial charge in [-0.05, 0) is 30.3 Å². The normalized spacial score (nSPS) is 10.0. The van der Waals surface area contributed by atoms with Gasteiger partial charge in [-0.2, -0.15) is 0 Å². The molecule has 0 heterocycles. The Kier molecular flexibility index (Phi) is 4.13. The van der Waals surface area contributed by atoms with Crippen molar-refractivity contribution >= 4 is 23.3 Å². The molecular formula is C14H11F2N3O2. The third-order valence-corrected chi connectivity index (χ3v) is 2.51. The van der Waals surface area contributed by atoms with Crippen LogP contribution in [0.4, 0.5) is 25.0 Å². The standard InChI is InChI=1S/C14H11F2N3O2/c15-9-4-8(5-10(16)6-9)13(20)18-11-2-1-3-12(7-11)19-14(17)21/h1-7H,(H,18,20)(H3,17,19,21). The van der Waals surface area contributed by atoms with Gasteiger partial charge in [-0.25, -0.2) is 13.6 Å². The molecular weight excluding hydrogens is 280 g/mol. The van der Waals surface area contributed by atoms with E-state index < -0.39 is 23.6 Å². The number of nitrogens with two attached hydrogens (primary N) is 1. The fourth-order valence-electron chi connectivity index (χ4n) is 1.71. The first-order chi connectivity index (χ1) is 9.94. The maximum Gasteiger partial charge on any atom is 0.316 e. The SMILES string of the molecule is NC(=O)Nc1cccc(NC(=O)c2cc(F)cc(F)c2)c1. The van der Waals surface area contributed by atoms with Crippen LogP contribution in [0.1, 0.15) is 10.4 Å². The number of hydrogen-bond acceptors (Lipinski definition) is 2. The zero-order chi connectivity index (χ0) is 15.4. The summed E-state index contributed by atoms with van der Waals surface area (Å²) in [5.74, 6) is -2.36. The van der Waals surface area contributed by atoms with E-state index in [2.05, 4.69) is 10.6 Å². The molecule has 0 saturated heterocycles. The number of benzene rings is 2. The number of carbonyl (C=O) groups is 2. The fraction of sp³-hybridized carbons (Fsp3) is 0. The molecule has 0 spiro atoms. The molecule has 21 heavy (non-hydrogen) atoms. The summed E-state index contributed by atoms with van der Waals surface area (Å²) in [6.07, 6.45) is 0. The fourth-order valence-corrected chi connectivity index (χ4v) is 1.71. The van der Waals surface area contributed by atoms with Crippen LogP contribution in [0.3, 0.4) is 0 Å². The quantitative estimate of drug-likeness (QED) is 0.812. The van der Waals surface area contributed by atoms with Crippen molar-refractivity contribution in [3.8, 4) is 0 Å². The van der Waals surface area contributed by atoms with Gasteiger partial charge in [-0.3, -0.25) is 4.79 Å². The van der Waals surface area contributed by atoms with Crippen LogP contribution in [0.15, 0.2) is 42.5 Å². The molecule has 0 unspecified atom stereocenters. The van der Waals surface area contributed by atoms with Crippen LogP contribution in [0, 0.1) is 11.6 Å². The van der Waals surface area contributed by atoms with Crippen LogP contribution in [0.25, 0.3) is 0 Å². The van der Waals surface area contributed by atoms with Gasteiger partial charge in [-0.15, -0.1) is 0 Å². The summed E-state index contributed by atoms with van der Waals surface area (Å²) in [6.45, 7) is 0. The van der Waals surface area contributed by atoms with Crippen molar-refractivity contribution in [1.82, 2.24) is 0 Å². The molecule has 0 aliphatic heterocycles. The molecule has 0 radical (unpaired) electrons. The number of hydrogen-bond donors (Lipinski definition) is 3. The van der Waals surface area contributed by atoms with Crippen molar-refractivity contribution in [2.75, 3.05) is 10.6 Å². The van der Waals surface area contributed by atoms with Gasteiger partial charge < -0.3 is 16.4 Å². The van der Waals surface area contributed by atoms with E-state index in [-0.39, 0.29) is 5.56 Å². The lowest BCUT2D eigenvalue weighted by Gasteiger charge is -2.08. The molecule has 108 valence electrons. The first-order valence-corrected chi connectivity index (χ1v) is 5.88. The van der Waals surface area contributed by atoms with Crippen molar-refractivity contribution < 1.29 is 18.4 Å². The molecule has 0 atom stereocenters. The minimum Gasteiger partial charge on any atom is -0.351 e. The van der Waals surface area contributed by atoms with Crippen LogP contribution < -0.4 is 16.4 Å². The van der Waals surface area contributed by atoms with Crippen molar-refractivity contribution in [1.29, 1.82) is 0 Å². The Morgan fingerprint density at radius 3 is 2.05 bits per heavy atom. The van der Waals surface area contributed by atoms with Crippen LogP contribution in [0.2, 0.25) is 0 Å². The maximum atomic E-state index is 13.1. The Labute approximate surface area is 118 Å². The Balaban J connectivity index is 2.17. The summed E-state index contributed by atoms with van der Waals surface area (Å²) in [5, 5.41) is 4.81. The van der Waals surface area contributed by atoms with E-state index in [9.17, 15) is 18.4 Å². The number of primary amides is 1. The monoisotopic (exact) mass is 291 g/mol. The predicted molar refractivity (Wildman–Crippen MR) is 74.0 cm³/mol. The molecule has 2 rings (SSSR count). The van der Waals surface area contributed by atoms with Gasteiger partial charge in [0.15, 0.2) is 0 Å². The van der Waals surface area contributed by atoms with Gasteiger partial charge in [0.25, 0.3) is 5.91 Å². The van der Waals surface area contributed by atoms with Crippen LogP contribution in [-0.2, 0) is 0 Å². The van der Waals surface area contributed by atoms with Crippen LogP contribution in [0.5, 0.6) is 0 Å². The second-order valence-corrected chi connectivity index (χ2v) is 4.18. The van der Waals surface area contributed by atoms with Crippen molar-refractivity contribution in [3.63, 3.8) is 0 Å². The molecule has 0 saturated carbocycles. The molecule has 2 aromatic rings. The molecule has 0 fully saturated rings. The molecule has 0 aromatic heterocycles. The van der Waals surface area contributed by atoms with Crippen molar-refractivity contribution in [3.05, 3.63) is 59.7 Å². The Morgan fingerprint density at radius 2 is 1.48 bits per heavy atom. The Bertz CT molecular complexity index is 684. The van der Waals surface area contributed by atoms with E-state index in [1.165, 1.54) is 6.07 Å². The molecule has 0 bridgehead atoms. The first-order valence-electron chi connectivity index (χ1n) is 5.88. The molecule has 3 amide bonds. The van der Waals surface area contributed by atoms with E-state index in [0.717, 1.165) is 12.1 Å². The zero-order valence-electron chi connectivity index (χ0n) is 10.7. The lowest BCUT2D eigenvalue weighted by Crippen LogP contribution is -2.19. The number of carbonyl (C=O) groups excluding carboxylic acids is 2. The highest BCUT2D eigenvalue weighted by atomic mass is 19.1. The summed E-state index contributed by atoms with van der Waals surface area (Å²) < 4.78 is 26.1. The van der Waals surface area contributed by atoms with Gasteiger partial charge >= 0.3 is 6.03 Å².